The van der Waals surface area contributed by atoms with Crippen LogP contribution in [0.3, 0.4) is 0 Å². The number of hydrogen-bond donors (Lipinski definition) is 0. The van der Waals surface area contributed by atoms with Gasteiger partial charge in [0.2, 0.25) is 0 Å². The van der Waals surface area contributed by atoms with E-state index >= 15 is 0 Å². The Kier molecular flexibility index (Phi) is 3.44. The van der Waals surface area contributed by atoms with Crippen molar-refractivity contribution in [1.29, 1.82) is 0 Å². The van der Waals surface area contributed by atoms with Gasteiger partial charge in [-0.25, -0.2) is 0 Å². The fourth-order valence-corrected chi connectivity index (χ4v) is 2.78. The molecular weight excluding hydrogens is 255 g/mol. The van der Waals surface area contributed by atoms with Crippen molar-refractivity contribution in [3.8, 4) is 0 Å². The molecule has 1 nitrogen and oxygen atoms in total. The molecule has 63 valence electrons. The van der Waals surface area contributed by atoms with Gasteiger partial charge in [-0.15, -0.1) is 0 Å². The fourth-order valence-electron chi connectivity index (χ4n) is 1.17. The van der Waals surface area contributed by atoms with Gasteiger partial charge in [0.1, 0.15) is 0 Å². The first-order chi connectivity index (χ1) is 5.67. The van der Waals surface area contributed by atoms with E-state index in [1.165, 1.54) is 5.56 Å². The van der Waals surface area contributed by atoms with Crippen molar-refractivity contribution in [2.45, 2.75) is 23.7 Å². The molecule has 1 radical (unpaired) electrons. The predicted octanol–water partition coefficient (Wildman–Crippen LogP) is 2.43. The first-order valence-electron chi connectivity index (χ1n) is 4.07. The van der Waals surface area contributed by atoms with E-state index in [4.69, 9.17) is 0 Å². The van der Waals surface area contributed by atoms with E-state index in [2.05, 4.69) is 26.0 Å². The van der Waals surface area contributed by atoms with E-state index < -0.39 is 21.1 Å². The summed E-state index contributed by atoms with van der Waals surface area (Å²) in [5, 5.41) is 0. The van der Waals surface area contributed by atoms with Gasteiger partial charge in [-0.3, -0.25) is 0 Å². The molecule has 1 rings (SSSR count). The van der Waals surface area contributed by atoms with Crippen molar-refractivity contribution in [1.82, 2.24) is 0 Å². The monoisotopic (exact) mass is 269 g/mol. The summed E-state index contributed by atoms with van der Waals surface area (Å²) in [6, 6.07) is 10.3. The van der Waals surface area contributed by atoms with E-state index in [9.17, 15) is 3.08 Å². The quantitative estimate of drug-likeness (QED) is 0.769. The Labute approximate surface area is 83.8 Å². The minimum atomic E-state index is -1.33. The van der Waals surface area contributed by atoms with Gasteiger partial charge < -0.3 is 0 Å². The van der Waals surface area contributed by atoms with Crippen LogP contribution in [0, 0.1) is 0 Å². The molecule has 1 aromatic rings. The van der Waals surface area contributed by atoms with Gasteiger partial charge in [-0.05, 0) is 0 Å². The molecule has 0 aromatic heterocycles. The van der Waals surface area contributed by atoms with Crippen LogP contribution < -0.4 is 0 Å². The van der Waals surface area contributed by atoms with Gasteiger partial charge in [0.25, 0.3) is 0 Å². The standard InChI is InChI=1S/C10H13.O.Sn/c1-10(2,3)9-7-5-4-6-8-9;;/h4-8H,1H2,2-3H3;;. The Morgan fingerprint density at radius 3 is 2.33 bits per heavy atom. The molecule has 2 heteroatoms. The van der Waals surface area contributed by atoms with Crippen LogP contribution in [0.4, 0.5) is 0 Å². The van der Waals surface area contributed by atoms with E-state index in [1.807, 2.05) is 18.2 Å². The maximum atomic E-state index is 10.7. The van der Waals surface area contributed by atoms with Crippen LogP contribution in [0.2, 0.25) is 4.44 Å². The fraction of sp³-hybridized carbons (Fsp3) is 0.400. The second-order valence-corrected chi connectivity index (χ2v) is 5.40. The number of hydrogen-bond acceptors (Lipinski definition) is 1. The SMILES string of the molecule is CC(C)([CH2][Sn]=[O])c1ccccc1. The second-order valence-electron chi connectivity index (χ2n) is 3.57. The van der Waals surface area contributed by atoms with Crippen molar-refractivity contribution in [3.63, 3.8) is 0 Å². The molecule has 0 heterocycles. The second kappa shape index (κ2) is 4.17. The van der Waals surface area contributed by atoms with Gasteiger partial charge in [0.15, 0.2) is 0 Å². The Balaban J connectivity index is 2.89. The Morgan fingerprint density at radius 1 is 1.25 bits per heavy atom. The van der Waals surface area contributed by atoms with Crippen molar-refractivity contribution in [2.24, 2.45) is 0 Å². The summed E-state index contributed by atoms with van der Waals surface area (Å²) >= 11 is -1.33. The normalized spacial score (nSPS) is 11.2. The topological polar surface area (TPSA) is 17.1 Å². The average molecular weight is 268 g/mol. The molecule has 0 unspecified atom stereocenters. The zero-order valence-corrected chi connectivity index (χ0v) is 10.4. The van der Waals surface area contributed by atoms with Gasteiger partial charge in [0, 0.05) is 0 Å². The van der Waals surface area contributed by atoms with Crippen molar-refractivity contribution >= 4 is 21.1 Å². The average Bonchev–Trinajstić information content (AvgIpc) is 2.06. The van der Waals surface area contributed by atoms with E-state index in [1.54, 1.807) is 0 Å². The summed E-state index contributed by atoms with van der Waals surface area (Å²) in [5.74, 6) is 0. The molecule has 12 heavy (non-hydrogen) atoms. The van der Waals surface area contributed by atoms with Crippen molar-refractivity contribution in [3.05, 3.63) is 35.9 Å². The van der Waals surface area contributed by atoms with Crippen LogP contribution in [-0.2, 0) is 8.49 Å². The third-order valence-corrected chi connectivity index (χ3v) is 5.00. The van der Waals surface area contributed by atoms with Gasteiger partial charge >= 0.3 is 83.8 Å². The number of benzene rings is 1. The van der Waals surface area contributed by atoms with Gasteiger partial charge in [-0.2, -0.15) is 0 Å². The summed E-state index contributed by atoms with van der Waals surface area (Å²) in [4.78, 5) is 0. The summed E-state index contributed by atoms with van der Waals surface area (Å²) in [7, 11) is 0. The third-order valence-electron chi connectivity index (χ3n) is 2.07. The van der Waals surface area contributed by atoms with E-state index in [0.29, 0.717) is 0 Å². The molecule has 0 aliphatic rings. The summed E-state index contributed by atoms with van der Waals surface area (Å²) < 4.78 is 11.6. The molecule has 0 aliphatic carbocycles. The summed E-state index contributed by atoms with van der Waals surface area (Å²) in [6.45, 7) is 4.31. The maximum absolute atomic E-state index is 10.7. The molecular formula is C10H13OSn. The van der Waals surface area contributed by atoms with Crippen LogP contribution >= 0.6 is 0 Å². The van der Waals surface area contributed by atoms with Crippen LogP contribution in [-0.4, -0.2) is 21.1 Å². The van der Waals surface area contributed by atoms with Gasteiger partial charge in [0.05, 0.1) is 0 Å². The van der Waals surface area contributed by atoms with Crippen LogP contribution in [0.15, 0.2) is 30.3 Å². The molecule has 0 N–H and O–H groups in total. The Bertz CT molecular complexity index is 254. The molecule has 0 saturated heterocycles. The summed E-state index contributed by atoms with van der Waals surface area (Å²) in [5.41, 5.74) is 1.40. The zero-order chi connectivity index (χ0) is 9.03. The summed E-state index contributed by atoms with van der Waals surface area (Å²) in [6.07, 6.45) is 0. The van der Waals surface area contributed by atoms with Gasteiger partial charge in [-0.1, -0.05) is 0 Å². The third kappa shape index (κ3) is 2.40. The molecule has 0 saturated carbocycles. The predicted molar refractivity (Wildman–Crippen MR) is 50.7 cm³/mol. The molecule has 0 spiro atoms. The van der Waals surface area contributed by atoms with Crippen LogP contribution in [0.1, 0.15) is 19.4 Å². The molecule has 1 aromatic carbocycles. The number of rotatable bonds is 3. The molecule has 0 fully saturated rings. The van der Waals surface area contributed by atoms with Crippen LogP contribution in [0.25, 0.3) is 0 Å². The molecule has 0 atom stereocenters. The molecule has 0 bridgehead atoms. The Morgan fingerprint density at radius 2 is 1.83 bits per heavy atom. The Hall–Kier alpha value is -0.181. The van der Waals surface area contributed by atoms with Crippen LogP contribution in [0.5, 0.6) is 0 Å². The van der Waals surface area contributed by atoms with Crippen molar-refractivity contribution < 1.29 is 3.08 Å². The molecule has 0 aliphatic heterocycles. The minimum absolute atomic E-state index is 0.106. The van der Waals surface area contributed by atoms with E-state index in [0.717, 1.165) is 4.44 Å². The van der Waals surface area contributed by atoms with Crippen molar-refractivity contribution in [2.75, 3.05) is 0 Å². The first kappa shape index (κ1) is 9.90. The first-order valence-corrected chi connectivity index (χ1v) is 7.26. The zero-order valence-electron chi connectivity index (χ0n) is 7.50. The molecule has 0 amide bonds. The van der Waals surface area contributed by atoms with E-state index in [-0.39, 0.29) is 5.41 Å².